The van der Waals surface area contributed by atoms with Crippen LogP contribution in [0.25, 0.3) is 11.3 Å². The Labute approximate surface area is 134 Å². The Balaban J connectivity index is 0.00000264. The second kappa shape index (κ2) is 7.86. The van der Waals surface area contributed by atoms with E-state index in [0.717, 1.165) is 0 Å². The molecule has 23 heavy (non-hydrogen) atoms. The molecule has 0 atom stereocenters. The van der Waals surface area contributed by atoms with Crippen molar-refractivity contribution in [2.75, 3.05) is 13.2 Å². The number of ether oxygens (including phenoxy) is 2. The van der Waals surface area contributed by atoms with Gasteiger partial charge in [-0.15, -0.1) is 10.2 Å². The van der Waals surface area contributed by atoms with Crippen LogP contribution >= 0.6 is 0 Å². The average molecular weight is 342 g/mol. The Morgan fingerprint density at radius 1 is 1.09 bits per heavy atom. The van der Waals surface area contributed by atoms with Gasteiger partial charge >= 0.3 is 0 Å². The first-order valence-electron chi connectivity index (χ1n) is 6.67. The fraction of sp³-hybridized carbons (Fsp3) is 0.286. The molecule has 8 nitrogen and oxygen atoms in total. The van der Waals surface area contributed by atoms with Gasteiger partial charge in [0.15, 0.2) is 5.75 Å². The summed E-state index contributed by atoms with van der Waals surface area (Å²) in [5, 5.41) is 7.95. The van der Waals surface area contributed by atoms with E-state index in [2.05, 4.69) is 10.2 Å². The lowest BCUT2D eigenvalue weighted by atomic mass is 10.1. The largest absolute Gasteiger partial charge is 0.491 e. The number of nitrogens with zero attached hydrogens (tertiary/aromatic N) is 2. The van der Waals surface area contributed by atoms with Crippen LogP contribution in [0.2, 0.25) is 0 Å². The average Bonchev–Trinajstić information content (AvgIpc) is 2.47. The van der Waals surface area contributed by atoms with Gasteiger partial charge in [0, 0.05) is 11.6 Å². The smallest absolute Gasteiger partial charge is 0.294 e. The Kier molecular flexibility index (Phi) is 6.43. The minimum atomic E-state index is -4.29. The standard InChI is InChI=1S/C14H16N2O5S.H2O/c1-3-20-12-9-13(21-4-2)15-16-14(12)10-6-5-7-11(8-10)22(17,18)19;/h5-9H,3-4H2,1-2H3,(H,17,18,19);1H2. The van der Waals surface area contributed by atoms with Gasteiger partial charge in [-0.25, -0.2) is 0 Å². The van der Waals surface area contributed by atoms with Crippen LogP contribution in [0.5, 0.6) is 11.6 Å². The van der Waals surface area contributed by atoms with Crippen molar-refractivity contribution in [2.45, 2.75) is 18.7 Å². The first-order chi connectivity index (χ1) is 10.5. The van der Waals surface area contributed by atoms with Crippen LogP contribution in [0.3, 0.4) is 0 Å². The molecule has 0 unspecified atom stereocenters. The van der Waals surface area contributed by atoms with Crippen LogP contribution in [-0.4, -0.2) is 41.9 Å². The second-order valence-corrected chi connectivity index (χ2v) is 5.69. The molecule has 0 aliphatic rings. The van der Waals surface area contributed by atoms with Crippen LogP contribution < -0.4 is 9.47 Å². The molecule has 0 amide bonds. The molecule has 2 aromatic rings. The quantitative estimate of drug-likeness (QED) is 0.784. The van der Waals surface area contributed by atoms with Gasteiger partial charge in [0.1, 0.15) is 5.69 Å². The zero-order valence-electron chi connectivity index (χ0n) is 12.7. The van der Waals surface area contributed by atoms with E-state index in [9.17, 15) is 8.42 Å². The summed E-state index contributed by atoms with van der Waals surface area (Å²) < 4.78 is 42.4. The Morgan fingerprint density at radius 2 is 1.78 bits per heavy atom. The molecule has 0 fully saturated rings. The summed E-state index contributed by atoms with van der Waals surface area (Å²) in [6, 6.07) is 7.35. The number of hydrogen-bond donors (Lipinski definition) is 1. The highest BCUT2D eigenvalue weighted by atomic mass is 32.2. The molecule has 0 aliphatic carbocycles. The van der Waals surface area contributed by atoms with Gasteiger partial charge in [0.05, 0.1) is 18.1 Å². The summed E-state index contributed by atoms with van der Waals surface area (Å²) in [4.78, 5) is -0.219. The number of rotatable bonds is 6. The molecule has 0 spiro atoms. The van der Waals surface area contributed by atoms with Crippen molar-refractivity contribution in [1.82, 2.24) is 10.2 Å². The zero-order chi connectivity index (χ0) is 16.2. The van der Waals surface area contributed by atoms with Gasteiger partial charge in [0.25, 0.3) is 10.1 Å². The zero-order valence-corrected chi connectivity index (χ0v) is 13.5. The Morgan fingerprint density at radius 3 is 2.39 bits per heavy atom. The fourth-order valence-corrected chi connectivity index (χ4v) is 2.37. The van der Waals surface area contributed by atoms with Crippen molar-refractivity contribution in [2.24, 2.45) is 0 Å². The van der Waals surface area contributed by atoms with Gasteiger partial charge < -0.3 is 14.9 Å². The first kappa shape index (κ1) is 18.8. The van der Waals surface area contributed by atoms with E-state index in [-0.39, 0.29) is 10.4 Å². The highest BCUT2D eigenvalue weighted by Gasteiger charge is 2.15. The predicted molar refractivity (Wildman–Crippen MR) is 83.2 cm³/mol. The van der Waals surface area contributed by atoms with E-state index in [1.807, 2.05) is 13.8 Å². The van der Waals surface area contributed by atoms with Crippen molar-refractivity contribution < 1.29 is 27.9 Å². The van der Waals surface area contributed by atoms with E-state index >= 15 is 0 Å². The van der Waals surface area contributed by atoms with Crippen molar-refractivity contribution in [3.05, 3.63) is 30.3 Å². The summed E-state index contributed by atoms with van der Waals surface area (Å²) in [6.45, 7) is 4.49. The third kappa shape index (κ3) is 4.62. The molecule has 1 aromatic heterocycles. The molecule has 0 aliphatic heterocycles. The Bertz CT molecular complexity index is 764. The van der Waals surface area contributed by atoms with E-state index in [1.54, 1.807) is 12.1 Å². The molecule has 0 saturated heterocycles. The molecule has 3 N–H and O–H groups in total. The summed E-state index contributed by atoms with van der Waals surface area (Å²) >= 11 is 0. The van der Waals surface area contributed by atoms with Gasteiger partial charge in [-0.2, -0.15) is 8.42 Å². The lowest BCUT2D eigenvalue weighted by molar-refractivity contribution is 0.309. The minimum Gasteiger partial charge on any atom is -0.491 e. The van der Waals surface area contributed by atoms with Crippen LogP contribution in [0.1, 0.15) is 13.8 Å². The van der Waals surface area contributed by atoms with Crippen LogP contribution in [0.15, 0.2) is 35.2 Å². The molecule has 126 valence electrons. The summed E-state index contributed by atoms with van der Waals surface area (Å²) in [5.41, 5.74) is 0.838. The normalized spacial score (nSPS) is 10.7. The van der Waals surface area contributed by atoms with Gasteiger partial charge in [-0.05, 0) is 26.0 Å². The topological polar surface area (TPSA) is 130 Å². The van der Waals surface area contributed by atoms with E-state index < -0.39 is 10.1 Å². The van der Waals surface area contributed by atoms with Crippen molar-refractivity contribution in [3.8, 4) is 22.9 Å². The molecular weight excluding hydrogens is 324 g/mol. The van der Waals surface area contributed by atoms with Crippen molar-refractivity contribution in [1.29, 1.82) is 0 Å². The van der Waals surface area contributed by atoms with E-state index in [1.165, 1.54) is 18.2 Å². The maximum absolute atomic E-state index is 11.2. The second-order valence-electron chi connectivity index (χ2n) is 4.26. The first-order valence-corrected chi connectivity index (χ1v) is 8.11. The van der Waals surface area contributed by atoms with E-state index in [4.69, 9.17) is 14.0 Å². The van der Waals surface area contributed by atoms with E-state index in [0.29, 0.717) is 36.1 Å². The van der Waals surface area contributed by atoms with Crippen LogP contribution in [-0.2, 0) is 10.1 Å². The van der Waals surface area contributed by atoms with Gasteiger partial charge in [-0.1, -0.05) is 12.1 Å². The third-order valence-corrected chi connectivity index (χ3v) is 3.58. The minimum absolute atomic E-state index is 0. The molecule has 9 heteroatoms. The lowest BCUT2D eigenvalue weighted by Crippen LogP contribution is -2.03. The van der Waals surface area contributed by atoms with Crippen LogP contribution in [0.4, 0.5) is 0 Å². The van der Waals surface area contributed by atoms with Gasteiger partial charge in [0.2, 0.25) is 5.88 Å². The van der Waals surface area contributed by atoms with Gasteiger partial charge in [-0.3, -0.25) is 4.55 Å². The maximum atomic E-state index is 11.2. The summed E-state index contributed by atoms with van der Waals surface area (Å²) in [7, 11) is -4.29. The molecule has 0 radical (unpaired) electrons. The summed E-state index contributed by atoms with van der Waals surface area (Å²) in [6.07, 6.45) is 0. The Hall–Kier alpha value is -2.23. The molecular formula is C14H18N2O6S. The lowest BCUT2D eigenvalue weighted by Gasteiger charge is -2.11. The number of hydrogen-bond acceptors (Lipinski definition) is 6. The molecule has 2 rings (SSSR count). The molecule has 0 saturated carbocycles. The predicted octanol–water partition coefficient (Wildman–Crippen LogP) is 1.36. The number of benzene rings is 1. The fourth-order valence-electron chi connectivity index (χ4n) is 1.85. The third-order valence-electron chi connectivity index (χ3n) is 2.73. The van der Waals surface area contributed by atoms with Crippen LogP contribution in [0, 0.1) is 0 Å². The summed E-state index contributed by atoms with van der Waals surface area (Å²) in [5.74, 6) is 0.745. The highest BCUT2D eigenvalue weighted by molar-refractivity contribution is 7.85. The SMILES string of the molecule is CCOc1cc(OCC)c(-c2cccc(S(=O)(=O)O)c2)nn1.O. The van der Waals surface area contributed by atoms with Crippen molar-refractivity contribution >= 4 is 10.1 Å². The molecule has 1 aromatic carbocycles. The monoisotopic (exact) mass is 342 g/mol. The molecule has 1 heterocycles. The maximum Gasteiger partial charge on any atom is 0.294 e. The number of aromatic nitrogens is 2. The highest BCUT2D eigenvalue weighted by Crippen LogP contribution is 2.31. The molecule has 0 bridgehead atoms. The van der Waals surface area contributed by atoms with Crippen molar-refractivity contribution in [3.63, 3.8) is 0 Å².